The van der Waals surface area contributed by atoms with E-state index in [0.717, 1.165) is 37.4 Å². The lowest BCUT2D eigenvalue weighted by Crippen LogP contribution is -2.48. The predicted molar refractivity (Wildman–Crippen MR) is 104 cm³/mol. The van der Waals surface area contributed by atoms with Gasteiger partial charge in [0.25, 0.3) is 0 Å². The van der Waals surface area contributed by atoms with Gasteiger partial charge in [0, 0.05) is 24.3 Å². The third-order valence-corrected chi connectivity index (χ3v) is 4.95. The van der Waals surface area contributed by atoms with E-state index in [1.165, 1.54) is 0 Å². The van der Waals surface area contributed by atoms with Crippen LogP contribution in [0.15, 0.2) is 29.4 Å². The largest absolute Gasteiger partial charge is 0.449 e. The van der Waals surface area contributed by atoms with Crippen molar-refractivity contribution in [1.82, 2.24) is 9.97 Å². The molecule has 4 rings (SSSR count). The van der Waals surface area contributed by atoms with Gasteiger partial charge in [0.05, 0.1) is 25.0 Å². The van der Waals surface area contributed by atoms with Gasteiger partial charge in [0.2, 0.25) is 11.6 Å². The fraction of sp³-hybridized carbons (Fsp3) is 0.368. The summed E-state index contributed by atoms with van der Waals surface area (Å²) in [7, 11) is 0. The number of fused-ring (bicyclic) bond motifs is 1. The number of nitrogen functional groups attached to an aromatic ring is 1. The maximum atomic E-state index is 7.28. The lowest BCUT2D eigenvalue weighted by atomic mass is 9.91. The SMILES string of the molecule is [C-]#[N+]c1cc(N)ccc1OC1=NCc2nc(N3CCC(C)(N)CC3)cnc21. The number of nitrogens with zero attached hydrogens (tertiary/aromatic N) is 5. The van der Waals surface area contributed by atoms with Crippen LogP contribution in [0.2, 0.25) is 0 Å². The summed E-state index contributed by atoms with van der Waals surface area (Å²) in [5, 5.41) is 0. The van der Waals surface area contributed by atoms with E-state index in [0.29, 0.717) is 35.3 Å². The van der Waals surface area contributed by atoms with Crippen molar-refractivity contribution < 1.29 is 4.74 Å². The topological polar surface area (TPSA) is 107 Å². The molecule has 1 saturated heterocycles. The van der Waals surface area contributed by atoms with E-state index in [-0.39, 0.29) is 5.54 Å². The van der Waals surface area contributed by atoms with Gasteiger partial charge < -0.3 is 21.1 Å². The highest BCUT2D eigenvalue weighted by Crippen LogP contribution is 2.32. The molecule has 1 fully saturated rings. The fourth-order valence-corrected chi connectivity index (χ4v) is 3.22. The molecule has 2 aliphatic heterocycles. The first-order chi connectivity index (χ1) is 12.9. The molecule has 4 N–H and O–H groups in total. The summed E-state index contributed by atoms with van der Waals surface area (Å²) in [6.45, 7) is 11.5. The molecule has 0 atom stereocenters. The Morgan fingerprint density at radius 1 is 1.30 bits per heavy atom. The van der Waals surface area contributed by atoms with Crippen LogP contribution in [0.1, 0.15) is 31.2 Å². The van der Waals surface area contributed by atoms with Crippen LogP contribution in [0, 0.1) is 6.57 Å². The number of rotatable bonds is 2. The Labute approximate surface area is 157 Å². The van der Waals surface area contributed by atoms with Crippen LogP contribution in [-0.2, 0) is 6.54 Å². The van der Waals surface area contributed by atoms with Gasteiger partial charge in [-0.25, -0.2) is 19.8 Å². The Morgan fingerprint density at radius 2 is 2.07 bits per heavy atom. The van der Waals surface area contributed by atoms with Crippen molar-refractivity contribution in [3.05, 3.63) is 47.2 Å². The molecular formula is C19H21N7O. The van der Waals surface area contributed by atoms with Crippen LogP contribution >= 0.6 is 0 Å². The van der Waals surface area contributed by atoms with Crippen LogP contribution in [-0.4, -0.2) is 34.5 Å². The molecule has 0 aliphatic carbocycles. The maximum absolute atomic E-state index is 7.28. The summed E-state index contributed by atoms with van der Waals surface area (Å²) in [6.07, 6.45) is 3.60. The number of anilines is 2. The molecule has 0 unspecified atom stereocenters. The van der Waals surface area contributed by atoms with Crippen molar-refractivity contribution in [2.75, 3.05) is 23.7 Å². The fourth-order valence-electron chi connectivity index (χ4n) is 3.22. The van der Waals surface area contributed by atoms with E-state index >= 15 is 0 Å². The van der Waals surface area contributed by atoms with Crippen LogP contribution < -0.4 is 21.1 Å². The van der Waals surface area contributed by atoms with E-state index in [1.807, 2.05) is 0 Å². The van der Waals surface area contributed by atoms with Gasteiger partial charge >= 0.3 is 0 Å². The zero-order chi connectivity index (χ0) is 19.0. The van der Waals surface area contributed by atoms with Gasteiger partial charge in [-0.2, -0.15) is 0 Å². The van der Waals surface area contributed by atoms with Gasteiger partial charge in [-0.3, -0.25) is 0 Å². The molecule has 27 heavy (non-hydrogen) atoms. The van der Waals surface area contributed by atoms with E-state index in [2.05, 4.69) is 26.6 Å². The van der Waals surface area contributed by atoms with Crippen molar-refractivity contribution in [1.29, 1.82) is 0 Å². The first kappa shape index (κ1) is 17.2. The lowest BCUT2D eigenvalue weighted by molar-refractivity contribution is 0.363. The first-order valence-corrected chi connectivity index (χ1v) is 8.85. The van der Waals surface area contributed by atoms with Gasteiger partial charge in [0.15, 0.2) is 0 Å². The van der Waals surface area contributed by atoms with E-state index in [4.69, 9.17) is 27.8 Å². The van der Waals surface area contributed by atoms with Gasteiger partial charge in [-0.05, 0) is 38.0 Å². The molecule has 3 heterocycles. The maximum Gasteiger partial charge on any atom is 0.241 e. The molecule has 8 nitrogen and oxygen atoms in total. The summed E-state index contributed by atoms with van der Waals surface area (Å²) in [5.74, 6) is 1.64. The highest BCUT2D eigenvalue weighted by atomic mass is 16.5. The number of hydrogen-bond acceptors (Lipinski definition) is 7. The molecule has 1 aromatic carbocycles. The molecule has 8 heteroatoms. The molecule has 0 radical (unpaired) electrons. The summed E-state index contributed by atoms with van der Waals surface area (Å²) in [4.78, 5) is 19.3. The molecule has 138 valence electrons. The highest BCUT2D eigenvalue weighted by molar-refractivity contribution is 5.97. The van der Waals surface area contributed by atoms with Gasteiger partial charge in [0.1, 0.15) is 17.3 Å². The number of aromatic nitrogens is 2. The third-order valence-electron chi connectivity index (χ3n) is 4.95. The number of piperidine rings is 1. The third kappa shape index (κ3) is 3.41. The second-order valence-electron chi connectivity index (χ2n) is 7.23. The van der Waals surface area contributed by atoms with Crippen LogP contribution in [0.5, 0.6) is 5.75 Å². The molecular weight excluding hydrogens is 342 g/mol. The first-order valence-electron chi connectivity index (χ1n) is 8.85. The molecule has 0 amide bonds. The van der Waals surface area contributed by atoms with Crippen molar-refractivity contribution in [3.63, 3.8) is 0 Å². The van der Waals surface area contributed by atoms with Gasteiger partial charge in [-0.15, -0.1) is 0 Å². The highest BCUT2D eigenvalue weighted by Gasteiger charge is 2.28. The summed E-state index contributed by atoms with van der Waals surface area (Å²) in [6, 6.07) is 4.94. The zero-order valence-corrected chi connectivity index (χ0v) is 15.1. The number of benzene rings is 1. The van der Waals surface area contributed by atoms with E-state index in [1.54, 1.807) is 24.4 Å². The standard InChI is InChI=1S/C19H21N7O/c1-19(21)5-7-26(8-6-19)16-11-23-17-14(25-16)10-24-18(17)27-15-4-3-12(20)9-13(15)22-2/h3-4,9,11H,5-8,10,20-21H2,1H3. The minimum atomic E-state index is -0.107. The van der Waals surface area contributed by atoms with Crippen molar-refractivity contribution in [2.45, 2.75) is 31.8 Å². The van der Waals surface area contributed by atoms with Crippen LogP contribution in [0.4, 0.5) is 17.2 Å². The van der Waals surface area contributed by atoms with Crippen molar-refractivity contribution >= 4 is 23.1 Å². The summed E-state index contributed by atoms with van der Waals surface area (Å²) < 4.78 is 5.84. The minimum absolute atomic E-state index is 0.107. The Hall–Kier alpha value is -3.18. The Bertz CT molecular complexity index is 951. The molecule has 2 aliphatic rings. The quantitative estimate of drug-likeness (QED) is 0.626. The van der Waals surface area contributed by atoms with Crippen molar-refractivity contribution in [2.24, 2.45) is 10.7 Å². The monoisotopic (exact) mass is 363 g/mol. The summed E-state index contributed by atoms with van der Waals surface area (Å²) in [5.41, 5.74) is 14.1. The van der Waals surface area contributed by atoms with Crippen LogP contribution in [0.3, 0.4) is 0 Å². The lowest BCUT2D eigenvalue weighted by Gasteiger charge is -2.37. The Balaban J connectivity index is 1.53. The molecule has 1 aromatic heterocycles. The Morgan fingerprint density at radius 3 is 2.81 bits per heavy atom. The zero-order valence-electron chi connectivity index (χ0n) is 15.1. The van der Waals surface area contributed by atoms with Crippen molar-refractivity contribution in [3.8, 4) is 5.75 Å². The Kier molecular flexibility index (Phi) is 4.16. The average molecular weight is 363 g/mol. The predicted octanol–water partition coefficient (Wildman–Crippen LogP) is 2.27. The molecule has 0 saturated carbocycles. The number of ether oxygens (including phenoxy) is 1. The van der Waals surface area contributed by atoms with Crippen LogP contribution in [0.25, 0.3) is 4.85 Å². The second kappa shape index (κ2) is 6.52. The molecule has 0 bridgehead atoms. The normalized spacial score (nSPS) is 17.8. The number of aliphatic imine (C=N–C) groups is 1. The second-order valence-corrected chi connectivity index (χ2v) is 7.23. The average Bonchev–Trinajstić information content (AvgIpc) is 3.05. The summed E-state index contributed by atoms with van der Waals surface area (Å²) >= 11 is 0. The number of nitrogens with two attached hydrogens (primary N) is 2. The molecule has 2 aromatic rings. The number of hydrogen-bond donors (Lipinski definition) is 2. The van der Waals surface area contributed by atoms with E-state index < -0.39 is 0 Å². The minimum Gasteiger partial charge on any atom is -0.449 e. The van der Waals surface area contributed by atoms with Gasteiger partial charge in [-0.1, -0.05) is 0 Å². The smallest absolute Gasteiger partial charge is 0.241 e. The van der Waals surface area contributed by atoms with E-state index in [9.17, 15) is 0 Å². The molecule has 0 spiro atoms.